The van der Waals surface area contributed by atoms with Crippen molar-refractivity contribution >= 4 is 34.5 Å². The van der Waals surface area contributed by atoms with E-state index >= 15 is 0 Å². The number of thiophene rings is 1. The zero-order valence-corrected chi connectivity index (χ0v) is 12.9. The molecular weight excluding hydrogens is 306 g/mol. The molecule has 0 bridgehead atoms. The highest BCUT2D eigenvalue weighted by Crippen LogP contribution is 2.36. The summed E-state index contributed by atoms with van der Waals surface area (Å²) in [5, 5.41) is 14.8. The minimum absolute atomic E-state index is 0.110. The van der Waals surface area contributed by atoms with E-state index in [0.29, 0.717) is 16.6 Å². The van der Waals surface area contributed by atoms with E-state index in [1.54, 1.807) is 23.5 Å². The van der Waals surface area contributed by atoms with E-state index in [1.165, 1.54) is 4.88 Å². The van der Waals surface area contributed by atoms with Crippen LogP contribution < -0.4 is 10.6 Å². The number of benzene rings is 1. The standard InChI is InChI=1S/C15H16ClN3OS/c16-10-3-6-13(15(17)18-20)14(8-10)19(11-4-5-11)9-12-2-1-7-21-12/h1-3,6-8,11,20H,4-5,9H2,(H2,17,18). The zero-order valence-electron chi connectivity index (χ0n) is 11.4. The van der Waals surface area contributed by atoms with Gasteiger partial charge in [0.15, 0.2) is 5.84 Å². The van der Waals surface area contributed by atoms with E-state index in [1.807, 2.05) is 12.1 Å². The second kappa shape index (κ2) is 5.95. The van der Waals surface area contributed by atoms with Gasteiger partial charge in [-0.05, 0) is 42.5 Å². The molecule has 3 N–H and O–H groups in total. The van der Waals surface area contributed by atoms with Gasteiger partial charge >= 0.3 is 0 Å². The van der Waals surface area contributed by atoms with Crippen molar-refractivity contribution in [3.8, 4) is 0 Å². The summed E-state index contributed by atoms with van der Waals surface area (Å²) in [5.41, 5.74) is 7.45. The third-order valence-electron chi connectivity index (χ3n) is 3.55. The largest absolute Gasteiger partial charge is 0.409 e. The van der Waals surface area contributed by atoms with E-state index in [-0.39, 0.29) is 5.84 Å². The van der Waals surface area contributed by atoms with Crippen molar-refractivity contribution in [1.82, 2.24) is 0 Å². The molecule has 0 aliphatic heterocycles. The highest BCUT2D eigenvalue weighted by Gasteiger charge is 2.31. The van der Waals surface area contributed by atoms with Crippen LogP contribution in [-0.4, -0.2) is 17.1 Å². The summed E-state index contributed by atoms with van der Waals surface area (Å²) in [5.74, 6) is 0.110. The quantitative estimate of drug-likeness (QED) is 0.382. The Morgan fingerprint density at radius 1 is 1.43 bits per heavy atom. The van der Waals surface area contributed by atoms with Gasteiger partial charge in [0.25, 0.3) is 0 Å². The maximum Gasteiger partial charge on any atom is 0.172 e. The monoisotopic (exact) mass is 321 g/mol. The lowest BCUT2D eigenvalue weighted by Crippen LogP contribution is -2.28. The van der Waals surface area contributed by atoms with E-state index in [2.05, 4.69) is 21.5 Å². The van der Waals surface area contributed by atoms with Crippen LogP contribution >= 0.6 is 22.9 Å². The van der Waals surface area contributed by atoms with Gasteiger partial charge in [0, 0.05) is 27.2 Å². The second-order valence-electron chi connectivity index (χ2n) is 5.09. The Morgan fingerprint density at radius 3 is 2.86 bits per heavy atom. The second-order valence-corrected chi connectivity index (χ2v) is 6.55. The molecule has 1 aromatic heterocycles. The minimum atomic E-state index is 0.110. The number of hydrogen-bond donors (Lipinski definition) is 2. The fourth-order valence-corrected chi connectivity index (χ4v) is 3.25. The molecule has 0 spiro atoms. The Balaban J connectivity index is 2.00. The molecule has 1 saturated carbocycles. The van der Waals surface area contributed by atoms with Gasteiger partial charge in [-0.15, -0.1) is 11.3 Å². The molecule has 0 unspecified atom stereocenters. The summed E-state index contributed by atoms with van der Waals surface area (Å²) in [6, 6.07) is 10.1. The lowest BCUT2D eigenvalue weighted by Gasteiger charge is -2.26. The topological polar surface area (TPSA) is 61.9 Å². The molecule has 1 heterocycles. The molecule has 0 saturated heterocycles. The number of nitrogens with zero attached hydrogens (tertiary/aromatic N) is 2. The Kier molecular flexibility index (Phi) is 4.03. The number of nitrogens with two attached hydrogens (primary N) is 1. The molecule has 3 rings (SSSR count). The zero-order chi connectivity index (χ0) is 14.8. The Bertz CT molecular complexity index is 653. The average molecular weight is 322 g/mol. The van der Waals surface area contributed by atoms with Gasteiger partial charge in [-0.3, -0.25) is 0 Å². The molecule has 4 nitrogen and oxygen atoms in total. The number of halogens is 1. The van der Waals surface area contributed by atoms with Crippen LogP contribution in [0, 0.1) is 0 Å². The Hall–Kier alpha value is -1.72. The maximum atomic E-state index is 8.99. The van der Waals surface area contributed by atoms with Gasteiger partial charge in [0.05, 0.1) is 6.54 Å². The first kappa shape index (κ1) is 14.2. The van der Waals surface area contributed by atoms with Gasteiger partial charge in [0.1, 0.15) is 0 Å². The minimum Gasteiger partial charge on any atom is -0.409 e. The SMILES string of the molecule is NC(=NO)c1ccc(Cl)cc1N(Cc1cccs1)C1CC1. The third-order valence-corrected chi connectivity index (χ3v) is 4.64. The van der Waals surface area contributed by atoms with Gasteiger partial charge in [-0.2, -0.15) is 0 Å². The Labute approximate surface area is 132 Å². The normalized spacial score (nSPS) is 15.2. The number of oxime groups is 1. The molecule has 2 aromatic rings. The van der Waals surface area contributed by atoms with Crippen molar-refractivity contribution < 1.29 is 5.21 Å². The van der Waals surface area contributed by atoms with Crippen LogP contribution in [0.4, 0.5) is 5.69 Å². The van der Waals surface area contributed by atoms with E-state index in [9.17, 15) is 0 Å². The van der Waals surface area contributed by atoms with Gasteiger partial charge in [0.2, 0.25) is 0 Å². The van der Waals surface area contributed by atoms with Crippen LogP contribution in [0.5, 0.6) is 0 Å². The summed E-state index contributed by atoms with van der Waals surface area (Å²) >= 11 is 7.88. The fraction of sp³-hybridized carbons (Fsp3) is 0.267. The fourth-order valence-electron chi connectivity index (χ4n) is 2.38. The molecule has 1 aliphatic carbocycles. The van der Waals surface area contributed by atoms with Crippen LogP contribution in [0.1, 0.15) is 23.3 Å². The smallest absolute Gasteiger partial charge is 0.172 e. The molecule has 110 valence electrons. The van der Waals surface area contributed by atoms with Crippen LogP contribution in [0.2, 0.25) is 5.02 Å². The predicted octanol–water partition coefficient (Wildman–Crippen LogP) is 3.67. The van der Waals surface area contributed by atoms with Gasteiger partial charge < -0.3 is 15.8 Å². The first-order valence-corrected chi connectivity index (χ1v) is 8.01. The first-order chi connectivity index (χ1) is 10.2. The lowest BCUT2D eigenvalue weighted by molar-refractivity contribution is 0.318. The molecule has 21 heavy (non-hydrogen) atoms. The number of amidine groups is 1. The average Bonchev–Trinajstić information content (AvgIpc) is 3.20. The van der Waals surface area contributed by atoms with Crippen LogP contribution in [0.3, 0.4) is 0 Å². The van der Waals surface area contributed by atoms with Crippen molar-refractivity contribution in [3.05, 3.63) is 51.2 Å². The van der Waals surface area contributed by atoms with E-state index in [0.717, 1.165) is 25.1 Å². The summed E-state index contributed by atoms with van der Waals surface area (Å²) in [6.07, 6.45) is 2.32. The van der Waals surface area contributed by atoms with Crippen molar-refractivity contribution in [1.29, 1.82) is 0 Å². The van der Waals surface area contributed by atoms with E-state index < -0.39 is 0 Å². The summed E-state index contributed by atoms with van der Waals surface area (Å²) in [7, 11) is 0. The number of anilines is 1. The summed E-state index contributed by atoms with van der Waals surface area (Å²) in [6.45, 7) is 0.814. The van der Waals surface area contributed by atoms with Gasteiger partial charge in [-0.25, -0.2) is 0 Å². The summed E-state index contributed by atoms with van der Waals surface area (Å²) < 4.78 is 0. The Morgan fingerprint density at radius 2 is 2.24 bits per heavy atom. The lowest BCUT2D eigenvalue weighted by atomic mass is 10.1. The predicted molar refractivity (Wildman–Crippen MR) is 87.5 cm³/mol. The maximum absolute atomic E-state index is 8.99. The summed E-state index contributed by atoms with van der Waals surface area (Å²) in [4.78, 5) is 3.58. The molecule has 0 amide bonds. The molecule has 1 fully saturated rings. The van der Waals surface area contributed by atoms with Crippen LogP contribution in [0.15, 0.2) is 40.9 Å². The van der Waals surface area contributed by atoms with E-state index in [4.69, 9.17) is 22.5 Å². The van der Waals surface area contributed by atoms with Crippen molar-refractivity contribution in [2.24, 2.45) is 10.9 Å². The van der Waals surface area contributed by atoms with Crippen LogP contribution in [0.25, 0.3) is 0 Å². The third kappa shape index (κ3) is 3.14. The highest BCUT2D eigenvalue weighted by atomic mass is 35.5. The molecule has 0 atom stereocenters. The van der Waals surface area contributed by atoms with Crippen LogP contribution in [-0.2, 0) is 6.54 Å². The van der Waals surface area contributed by atoms with Crippen molar-refractivity contribution in [2.45, 2.75) is 25.4 Å². The molecular formula is C15H16ClN3OS. The number of hydrogen-bond acceptors (Lipinski definition) is 4. The molecule has 1 aliphatic rings. The van der Waals surface area contributed by atoms with Crippen molar-refractivity contribution in [2.75, 3.05) is 4.90 Å². The number of rotatable bonds is 5. The first-order valence-electron chi connectivity index (χ1n) is 6.75. The van der Waals surface area contributed by atoms with Gasteiger partial charge in [-0.1, -0.05) is 22.8 Å². The van der Waals surface area contributed by atoms with Crippen molar-refractivity contribution in [3.63, 3.8) is 0 Å². The molecule has 1 aromatic carbocycles. The highest BCUT2D eigenvalue weighted by molar-refractivity contribution is 7.09. The molecule has 6 heteroatoms. The molecule has 0 radical (unpaired) electrons.